The molecule has 0 saturated carbocycles. The second-order valence-electron chi connectivity index (χ2n) is 7.66. The van der Waals surface area contributed by atoms with Crippen molar-refractivity contribution in [2.24, 2.45) is 0 Å². The highest BCUT2D eigenvalue weighted by molar-refractivity contribution is 9.10. The van der Waals surface area contributed by atoms with Gasteiger partial charge in [0.15, 0.2) is 17.3 Å². The van der Waals surface area contributed by atoms with Gasteiger partial charge in [0.2, 0.25) is 0 Å². The Kier molecular flexibility index (Phi) is 6.32. The maximum absolute atomic E-state index is 13.5. The number of hydrogen-bond donors (Lipinski definition) is 2. The van der Waals surface area contributed by atoms with Crippen LogP contribution in [0.3, 0.4) is 0 Å². The molecule has 2 aromatic rings. The number of carbonyl (C=O) groups excluding carboxylic acids is 2. The van der Waals surface area contributed by atoms with Crippen LogP contribution < -0.4 is 20.1 Å². The molecule has 32 heavy (non-hydrogen) atoms. The van der Waals surface area contributed by atoms with E-state index in [0.717, 1.165) is 23.0 Å². The second-order valence-corrected chi connectivity index (χ2v) is 8.58. The Hall–Kier alpha value is -3.13. The maximum Gasteiger partial charge on any atom is 0.255 e. The number of carbonyl (C=O) groups is 2. The van der Waals surface area contributed by atoms with E-state index in [0.29, 0.717) is 46.1 Å². The molecule has 2 aliphatic rings. The standard InChI is InChI=1S/C24H24BrN3O4/c1-13-20(24(30)28-19-11-10-14(25)12-26-19)21(22-16(27-13)7-5-8-17(22)29)15-6-4-9-18(31-2)23(15)32-3/h4,6,9-12,21,27H,5,7-8H2,1-3H3,(H,26,28,30)/t21-/m1/s1. The van der Waals surface area contributed by atoms with Gasteiger partial charge in [0.25, 0.3) is 5.91 Å². The van der Waals surface area contributed by atoms with Crippen LogP contribution in [0.15, 0.2) is 63.5 Å². The van der Waals surface area contributed by atoms with Crippen LogP contribution in [-0.4, -0.2) is 30.9 Å². The van der Waals surface area contributed by atoms with Crippen LogP contribution in [0.25, 0.3) is 0 Å². The average Bonchev–Trinajstić information content (AvgIpc) is 2.79. The number of Topliss-reactive ketones (excluding diaryl/α,β-unsaturated/α-hetero) is 1. The van der Waals surface area contributed by atoms with E-state index in [1.54, 1.807) is 38.6 Å². The lowest BCUT2D eigenvalue weighted by molar-refractivity contribution is -0.116. The van der Waals surface area contributed by atoms with Gasteiger partial charge in [0.05, 0.1) is 20.1 Å². The van der Waals surface area contributed by atoms with Gasteiger partial charge in [-0.1, -0.05) is 12.1 Å². The number of rotatable bonds is 5. The zero-order valence-corrected chi connectivity index (χ0v) is 19.7. The molecular formula is C24H24BrN3O4. The molecule has 2 N–H and O–H groups in total. The van der Waals surface area contributed by atoms with Crippen LogP contribution in [0.5, 0.6) is 11.5 Å². The first kappa shape index (κ1) is 22.1. The molecule has 1 atom stereocenters. The van der Waals surface area contributed by atoms with Crippen molar-refractivity contribution < 1.29 is 19.1 Å². The van der Waals surface area contributed by atoms with E-state index in [2.05, 4.69) is 31.5 Å². The molecule has 0 fully saturated rings. The lowest BCUT2D eigenvalue weighted by Crippen LogP contribution is -2.35. The van der Waals surface area contributed by atoms with Gasteiger partial charge in [-0.15, -0.1) is 0 Å². The fourth-order valence-corrected chi connectivity index (χ4v) is 4.60. The van der Waals surface area contributed by atoms with Gasteiger partial charge >= 0.3 is 0 Å². The SMILES string of the molecule is COc1cccc([C@@H]2C(C(=O)Nc3ccc(Br)cn3)=C(C)NC3=C2C(=O)CCC3)c1OC. The summed E-state index contributed by atoms with van der Waals surface area (Å²) in [5, 5.41) is 6.19. The number of hydrogen-bond acceptors (Lipinski definition) is 6. The highest BCUT2D eigenvalue weighted by Crippen LogP contribution is 2.47. The van der Waals surface area contributed by atoms with Crippen molar-refractivity contribution in [3.63, 3.8) is 0 Å². The number of ether oxygens (including phenoxy) is 2. The minimum absolute atomic E-state index is 0.0354. The van der Waals surface area contributed by atoms with E-state index in [1.807, 2.05) is 19.1 Å². The van der Waals surface area contributed by atoms with Crippen LogP contribution in [0.1, 0.15) is 37.7 Å². The second kappa shape index (κ2) is 9.16. The number of dihydropyridines is 1. The number of nitrogens with one attached hydrogen (secondary N) is 2. The third kappa shape index (κ3) is 4.02. The minimum Gasteiger partial charge on any atom is -0.493 e. The summed E-state index contributed by atoms with van der Waals surface area (Å²) < 4.78 is 12.0. The monoisotopic (exact) mass is 497 g/mol. The van der Waals surface area contributed by atoms with Gasteiger partial charge in [-0.3, -0.25) is 9.59 Å². The molecule has 4 rings (SSSR count). The van der Waals surface area contributed by atoms with Crippen LogP contribution in [0.2, 0.25) is 0 Å². The largest absolute Gasteiger partial charge is 0.493 e. The molecule has 1 aromatic heterocycles. The molecule has 0 spiro atoms. The molecule has 0 unspecified atom stereocenters. The van der Waals surface area contributed by atoms with Crippen LogP contribution in [0.4, 0.5) is 5.82 Å². The number of anilines is 1. The average molecular weight is 498 g/mol. The number of halogens is 1. The van der Waals surface area contributed by atoms with Crippen molar-refractivity contribution in [3.05, 3.63) is 69.1 Å². The maximum atomic E-state index is 13.5. The van der Waals surface area contributed by atoms with E-state index in [4.69, 9.17) is 9.47 Å². The zero-order valence-electron chi connectivity index (χ0n) is 18.1. The quantitative estimate of drug-likeness (QED) is 0.633. The zero-order chi connectivity index (χ0) is 22.8. The molecular weight excluding hydrogens is 474 g/mol. The fourth-order valence-electron chi connectivity index (χ4n) is 4.37. The highest BCUT2D eigenvalue weighted by atomic mass is 79.9. The van der Waals surface area contributed by atoms with Gasteiger partial charge in [0, 0.05) is 45.2 Å². The number of ketones is 1. The summed E-state index contributed by atoms with van der Waals surface area (Å²) in [6, 6.07) is 9.03. The summed E-state index contributed by atoms with van der Waals surface area (Å²) in [4.78, 5) is 30.9. The van der Waals surface area contributed by atoms with Crippen molar-refractivity contribution in [1.82, 2.24) is 10.3 Å². The Labute approximate surface area is 195 Å². The van der Waals surface area contributed by atoms with Gasteiger partial charge in [-0.2, -0.15) is 0 Å². The Morgan fingerprint density at radius 2 is 2.00 bits per heavy atom. The number of allylic oxidation sites excluding steroid dienone is 3. The van der Waals surface area contributed by atoms with E-state index in [9.17, 15) is 9.59 Å². The molecule has 1 amide bonds. The van der Waals surface area contributed by atoms with E-state index in [-0.39, 0.29) is 11.7 Å². The summed E-state index contributed by atoms with van der Waals surface area (Å²) in [6.45, 7) is 1.85. The normalized spacial score (nSPS) is 18.1. The third-order valence-electron chi connectivity index (χ3n) is 5.73. The molecule has 8 heteroatoms. The van der Waals surface area contributed by atoms with Crippen LogP contribution >= 0.6 is 15.9 Å². The van der Waals surface area contributed by atoms with E-state index in [1.165, 1.54) is 0 Å². The minimum atomic E-state index is -0.584. The van der Waals surface area contributed by atoms with Gasteiger partial charge in [-0.25, -0.2) is 4.98 Å². The van der Waals surface area contributed by atoms with Crippen LogP contribution in [0, 0.1) is 0 Å². The lowest BCUT2D eigenvalue weighted by atomic mass is 9.74. The van der Waals surface area contributed by atoms with Gasteiger partial charge in [0.1, 0.15) is 5.82 Å². The molecule has 1 aromatic carbocycles. The predicted octanol–water partition coefficient (Wildman–Crippen LogP) is 4.47. The number of nitrogens with zero attached hydrogens (tertiary/aromatic N) is 1. The predicted molar refractivity (Wildman–Crippen MR) is 125 cm³/mol. The lowest BCUT2D eigenvalue weighted by Gasteiger charge is -2.35. The number of benzene rings is 1. The first-order chi connectivity index (χ1) is 15.4. The fraction of sp³-hybridized carbons (Fsp3) is 0.292. The van der Waals surface area contributed by atoms with Crippen LogP contribution in [-0.2, 0) is 9.59 Å². The molecule has 1 aliphatic heterocycles. The Morgan fingerprint density at radius 1 is 1.19 bits per heavy atom. The summed E-state index contributed by atoms with van der Waals surface area (Å²) >= 11 is 3.35. The van der Waals surface area contributed by atoms with Gasteiger partial charge in [-0.05, 0) is 53.9 Å². The number of methoxy groups -OCH3 is 2. The molecule has 0 saturated heterocycles. The van der Waals surface area contributed by atoms with Crippen molar-refractivity contribution in [2.45, 2.75) is 32.1 Å². The van der Waals surface area contributed by atoms with Crippen molar-refractivity contribution in [2.75, 3.05) is 19.5 Å². The molecule has 1 aliphatic carbocycles. The summed E-state index contributed by atoms with van der Waals surface area (Å²) in [5.41, 5.74) is 3.34. The summed E-state index contributed by atoms with van der Waals surface area (Å²) in [6.07, 6.45) is 3.60. The van der Waals surface area contributed by atoms with Gasteiger partial charge < -0.3 is 20.1 Å². The summed E-state index contributed by atoms with van der Waals surface area (Å²) in [7, 11) is 3.12. The topological polar surface area (TPSA) is 89.5 Å². The molecule has 0 radical (unpaired) electrons. The molecule has 2 heterocycles. The highest BCUT2D eigenvalue weighted by Gasteiger charge is 2.40. The molecule has 0 bridgehead atoms. The number of aromatic nitrogens is 1. The first-order valence-corrected chi connectivity index (χ1v) is 11.1. The first-order valence-electron chi connectivity index (χ1n) is 10.3. The smallest absolute Gasteiger partial charge is 0.255 e. The third-order valence-corrected chi connectivity index (χ3v) is 6.20. The van der Waals surface area contributed by atoms with E-state index >= 15 is 0 Å². The van der Waals surface area contributed by atoms with Crippen molar-refractivity contribution in [3.8, 4) is 11.5 Å². The molecule has 7 nitrogen and oxygen atoms in total. The Morgan fingerprint density at radius 3 is 2.69 bits per heavy atom. The van der Waals surface area contributed by atoms with Crippen molar-refractivity contribution >= 4 is 33.4 Å². The van der Waals surface area contributed by atoms with E-state index < -0.39 is 5.92 Å². The summed E-state index contributed by atoms with van der Waals surface area (Å²) in [5.74, 6) is 0.592. The van der Waals surface area contributed by atoms with Crippen molar-refractivity contribution in [1.29, 1.82) is 0 Å². The number of pyridine rings is 1. The number of para-hydroxylation sites is 1. The Balaban J connectivity index is 1.85. The Bertz CT molecular complexity index is 1140. The molecule has 166 valence electrons. The number of amides is 1.